The molecule has 3 N–H and O–H groups in total. The highest BCUT2D eigenvalue weighted by atomic mass is 16.4. The lowest BCUT2D eigenvalue weighted by atomic mass is 9.99. The topological polar surface area (TPSA) is 78.4 Å². The molecular formula is C15H30N2O3. The van der Waals surface area contributed by atoms with Crippen LogP contribution in [0.3, 0.4) is 0 Å². The third-order valence-corrected chi connectivity index (χ3v) is 3.54. The van der Waals surface area contributed by atoms with E-state index in [9.17, 15) is 9.59 Å². The molecule has 118 valence electrons. The van der Waals surface area contributed by atoms with Crippen molar-refractivity contribution >= 4 is 12.0 Å². The van der Waals surface area contributed by atoms with Crippen LogP contribution < -0.4 is 10.6 Å². The quantitative estimate of drug-likeness (QED) is 0.546. The van der Waals surface area contributed by atoms with Gasteiger partial charge >= 0.3 is 12.0 Å². The first-order valence-electron chi connectivity index (χ1n) is 7.82. The van der Waals surface area contributed by atoms with Crippen LogP contribution in [-0.4, -0.2) is 29.7 Å². The van der Waals surface area contributed by atoms with Crippen molar-refractivity contribution in [3.63, 3.8) is 0 Å². The number of unbranched alkanes of at least 4 members (excludes halogenated alkanes) is 2. The average molecular weight is 286 g/mol. The molecule has 0 rings (SSSR count). The van der Waals surface area contributed by atoms with Crippen LogP contribution in [0.2, 0.25) is 0 Å². The summed E-state index contributed by atoms with van der Waals surface area (Å²) in [7, 11) is 0. The van der Waals surface area contributed by atoms with Crippen LogP contribution in [0.15, 0.2) is 0 Å². The lowest BCUT2D eigenvalue weighted by Crippen LogP contribution is -2.47. The normalized spacial score (nSPS) is 13.6. The SMILES string of the molecule is CCCCC(CC)CNC(=O)NC(CCCC)C(=O)O. The Labute approximate surface area is 122 Å². The molecule has 0 radical (unpaired) electrons. The first kappa shape index (κ1) is 18.7. The van der Waals surface area contributed by atoms with E-state index >= 15 is 0 Å². The predicted octanol–water partition coefficient (Wildman–Crippen LogP) is 3.15. The number of carboxylic acids is 1. The molecule has 0 aliphatic carbocycles. The van der Waals surface area contributed by atoms with Gasteiger partial charge < -0.3 is 15.7 Å². The number of carbonyl (C=O) groups is 2. The molecule has 2 atom stereocenters. The van der Waals surface area contributed by atoms with Gasteiger partial charge in [-0.3, -0.25) is 0 Å². The van der Waals surface area contributed by atoms with E-state index in [0.717, 1.165) is 38.5 Å². The van der Waals surface area contributed by atoms with E-state index in [4.69, 9.17) is 5.11 Å². The van der Waals surface area contributed by atoms with Gasteiger partial charge in [0.25, 0.3) is 0 Å². The summed E-state index contributed by atoms with van der Waals surface area (Å²) in [6.45, 7) is 6.88. The van der Waals surface area contributed by atoms with Gasteiger partial charge in [0.15, 0.2) is 0 Å². The van der Waals surface area contributed by atoms with Crippen LogP contribution in [0, 0.1) is 5.92 Å². The van der Waals surface area contributed by atoms with Gasteiger partial charge in [-0.1, -0.05) is 52.9 Å². The first-order chi connectivity index (χ1) is 9.54. The number of aliphatic carboxylic acids is 1. The maximum atomic E-state index is 11.7. The number of hydrogen-bond donors (Lipinski definition) is 3. The van der Waals surface area contributed by atoms with E-state index in [2.05, 4.69) is 24.5 Å². The zero-order valence-electron chi connectivity index (χ0n) is 13.1. The minimum absolute atomic E-state index is 0.372. The smallest absolute Gasteiger partial charge is 0.326 e. The second kappa shape index (κ2) is 11.6. The Balaban J connectivity index is 4.07. The predicted molar refractivity (Wildman–Crippen MR) is 80.8 cm³/mol. The number of carboxylic acid groups (broad SMARTS) is 1. The van der Waals surface area contributed by atoms with Crippen molar-refractivity contribution in [1.29, 1.82) is 0 Å². The Morgan fingerprint density at radius 1 is 1.05 bits per heavy atom. The number of amides is 2. The Hall–Kier alpha value is -1.26. The van der Waals surface area contributed by atoms with Crippen LogP contribution in [0.1, 0.15) is 65.7 Å². The van der Waals surface area contributed by atoms with Crippen molar-refractivity contribution in [3.8, 4) is 0 Å². The van der Waals surface area contributed by atoms with Gasteiger partial charge in [0, 0.05) is 6.54 Å². The van der Waals surface area contributed by atoms with E-state index in [1.807, 2.05) is 6.92 Å². The third-order valence-electron chi connectivity index (χ3n) is 3.54. The van der Waals surface area contributed by atoms with E-state index in [1.54, 1.807) is 0 Å². The fourth-order valence-corrected chi connectivity index (χ4v) is 2.06. The summed E-state index contributed by atoms with van der Waals surface area (Å²) in [5, 5.41) is 14.4. The van der Waals surface area contributed by atoms with Gasteiger partial charge in [-0.15, -0.1) is 0 Å². The standard InChI is InChI=1S/C15H30N2O3/c1-4-7-9-12(6-3)11-16-15(20)17-13(14(18)19)10-8-5-2/h12-13H,4-11H2,1-3H3,(H,18,19)(H2,16,17,20). The molecule has 0 bridgehead atoms. The van der Waals surface area contributed by atoms with Crippen molar-refractivity contribution in [2.24, 2.45) is 5.92 Å². The van der Waals surface area contributed by atoms with Crippen LogP contribution in [0.4, 0.5) is 4.79 Å². The van der Waals surface area contributed by atoms with E-state index in [1.165, 1.54) is 0 Å². The zero-order chi connectivity index (χ0) is 15.4. The number of rotatable bonds is 11. The van der Waals surface area contributed by atoms with Crippen LogP contribution in [0.5, 0.6) is 0 Å². The number of nitrogens with one attached hydrogen (secondary N) is 2. The van der Waals surface area contributed by atoms with Gasteiger partial charge in [0.2, 0.25) is 0 Å². The molecule has 2 unspecified atom stereocenters. The van der Waals surface area contributed by atoms with Crippen molar-refractivity contribution in [1.82, 2.24) is 10.6 Å². The fraction of sp³-hybridized carbons (Fsp3) is 0.867. The van der Waals surface area contributed by atoms with Gasteiger partial charge in [-0.2, -0.15) is 0 Å². The van der Waals surface area contributed by atoms with Crippen molar-refractivity contribution in [3.05, 3.63) is 0 Å². The maximum Gasteiger partial charge on any atom is 0.326 e. The van der Waals surface area contributed by atoms with E-state index in [0.29, 0.717) is 18.9 Å². The molecule has 20 heavy (non-hydrogen) atoms. The lowest BCUT2D eigenvalue weighted by molar-refractivity contribution is -0.139. The molecule has 0 spiro atoms. The number of urea groups is 1. The molecule has 5 nitrogen and oxygen atoms in total. The monoisotopic (exact) mass is 286 g/mol. The third kappa shape index (κ3) is 8.77. The van der Waals surface area contributed by atoms with Crippen molar-refractivity contribution < 1.29 is 14.7 Å². The summed E-state index contributed by atoms with van der Waals surface area (Å²) in [4.78, 5) is 22.8. The Morgan fingerprint density at radius 3 is 2.15 bits per heavy atom. The van der Waals surface area contributed by atoms with Gasteiger partial charge in [-0.25, -0.2) is 9.59 Å². The second-order valence-corrected chi connectivity index (χ2v) is 5.30. The second-order valence-electron chi connectivity index (χ2n) is 5.30. The average Bonchev–Trinajstić information content (AvgIpc) is 2.43. The Bertz CT molecular complexity index is 282. The summed E-state index contributed by atoms with van der Waals surface area (Å²) >= 11 is 0. The largest absolute Gasteiger partial charge is 0.480 e. The molecule has 0 aromatic heterocycles. The molecule has 0 aliphatic rings. The Kier molecular flexibility index (Phi) is 10.8. The summed E-state index contributed by atoms with van der Waals surface area (Å²) in [5.41, 5.74) is 0. The number of carbonyl (C=O) groups excluding carboxylic acids is 1. The highest BCUT2D eigenvalue weighted by molar-refractivity contribution is 5.82. The molecule has 0 aromatic carbocycles. The summed E-state index contributed by atoms with van der Waals surface area (Å²) in [5.74, 6) is -0.494. The molecule has 0 saturated heterocycles. The first-order valence-corrected chi connectivity index (χ1v) is 7.82. The molecule has 0 saturated carbocycles. The van der Waals surface area contributed by atoms with Crippen molar-refractivity contribution in [2.45, 2.75) is 71.8 Å². The van der Waals surface area contributed by atoms with Crippen molar-refractivity contribution in [2.75, 3.05) is 6.54 Å². The summed E-state index contributed by atoms with van der Waals surface area (Å²) < 4.78 is 0. The Morgan fingerprint density at radius 2 is 1.65 bits per heavy atom. The highest BCUT2D eigenvalue weighted by Crippen LogP contribution is 2.11. The summed E-state index contributed by atoms with van der Waals surface area (Å²) in [6, 6.07) is -1.16. The van der Waals surface area contributed by atoms with Crippen LogP contribution >= 0.6 is 0 Å². The fourth-order valence-electron chi connectivity index (χ4n) is 2.06. The van der Waals surface area contributed by atoms with Gasteiger partial charge in [0.05, 0.1) is 0 Å². The zero-order valence-corrected chi connectivity index (χ0v) is 13.1. The minimum Gasteiger partial charge on any atom is -0.480 e. The van der Waals surface area contributed by atoms with Crippen LogP contribution in [-0.2, 0) is 4.79 Å². The molecular weight excluding hydrogens is 256 g/mol. The number of hydrogen-bond acceptors (Lipinski definition) is 2. The van der Waals surface area contributed by atoms with Crippen LogP contribution in [0.25, 0.3) is 0 Å². The molecule has 2 amide bonds. The van der Waals surface area contributed by atoms with Gasteiger partial charge in [0.1, 0.15) is 6.04 Å². The maximum absolute atomic E-state index is 11.7. The molecule has 5 heteroatoms. The minimum atomic E-state index is -0.966. The summed E-state index contributed by atoms with van der Waals surface area (Å²) in [6.07, 6.45) is 6.64. The van der Waals surface area contributed by atoms with Gasteiger partial charge in [-0.05, 0) is 18.8 Å². The van der Waals surface area contributed by atoms with E-state index in [-0.39, 0.29) is 6.03 Å². The molecule has 0 heterocycles. The highest BCUT2D eigenvalue weighted by Gasteiger charge is 2.19. The van der Waals surface area contributed by atoms with E-state index < -0.39 is 12.0 Å². The molecule has 0 fully saturated rings. The molecule has 0 aliphatic heterocycles. The molecule has 0 aromatic rings. The lowest BCUT2D eigenvalue weighted by Gasteiger charge is -2.18.